The van der Waals surface area contributed by atoms with Crippen molar-refractivity contribution in [1.82, 2.24) is 4.98 Å². The van der Waals surface area contributed by atoms with Crippen LogP contribution >= 0.6 is 11.6 Å². The summed E-state index contributed by atoms with van der Waals surface area (Å²) in [6.45, 7) is 0. The molecule has 5 heteroatoms. The van der Waals surface area contributed by atoms with Crippen LogP contribution in [0.2, 0.25) is 5.02 Å². The van der Waals surface area contributed by atoms with Crippen molar-refractivity contribution in [3.8, 4) is 5.75 Å². The first-order valence-electron chi connectivity index (χ1n) is 5.99. The average molecular weight is 292 g/mol. The van der Waals surface area contributed by atoms with E-state index in [1.807, 2.05) is 12.1 Å². The normalized spacial score (nSPS) is 10.2. The molecule has 1 aromatic carbocycles. The number of ether oxygens (including phenoxy) is 2. The number of hydrogen-bond acceptors (Lipinski definition) is 4. The van der Waals surface area contributed by atoms with E-state index in [4.69, 9.17) is 21.1 Å². The first kappa shape index (κ1) is 14.3. The molecule has 0 atom stereocenters. The van der Waals surface area contributed by atoms with Crippen LogP contribution in [0.4, 0.5) is 0 Å². The van der Waals surface area contributed by atoms with Crippen LogP contribution in [0.1, 0.15) is 21.6 Å². The maximum Gasteiger partial charge on any atom is 0.339 e. The monoisotopic (exact) mass is 291 g/mol. The van der Waals surface area contributed by atoms with Crippen LogP contribution in [0.5, 0.6) is 5.75 Å². The molecule has 104 valence electrons. The number of rotatable bonds is 4. The maximum absolute atomic E-state index is 11.7. The van der Waals surface area contributed by atoms with Gasteiger partial charge in [-0.1, -0.05) is 11.6 Å². The molecule has 1 heterocycles. The number of methoxy groups -OCH3 is 2. The van der Waals surface area contributed by atoms with Crippen molar-refractivity contribution < 1.29 is 14.3 Å². The summed E-state index contributed by atoms with van der Waals surface area (Å²) in [5.74, 6) is 0.269. The number of aromatic nitrogens is 1. The lowest BCUT2D eigenvalue weighted by Crippen LogP contribution is -2.07. The van der Waals surface area contributed by atoms with Crippen molar-refractivity contribution >= 4 is 17.6 Å². The fourth-order valence-electron chi connectivity index (χ4n) is 1.91. The summed E-state index contributed by atoms with van der Waals surface area (Å²) in [7, 11) is 2.93. The minimum absolute atomic E-state index is 0.401. The topological polar surface area (TPSA) is 48.4 Å². The SMILES string of the molecule is COC(=O)c1cccnc1Cc1cc(Cl)cc(OC)c1. The number of carbonyl (C=O) groups excluding carboxylic acids is 1. The molecule has 0 radical (unpaired) electrons. The number of nitrogens with zero attached hydrogens (tertiary/aromatic N) is 1. The third-order valence-electron chi connectivity index (χ3n) is 2.83. The predicted octanol–water partition coefficient (Wildman–Crippen LogP) is 3.12. The molecule has 0 aliphatic rings. The minimum Gasteiger partial charge on any atom is -0.497 e. The van der Waals surface area contributed by atoms with Gasteiger partial charge in [-0.3, -0.25) is 4.98 Å². The third kappa shape index (κ3) is 3.27. The summed E-state index contributed by atoms with van der Waals surface area (Å²) in [4.78, 5) is 15.9. The summed E-state index contributed by atoms with van der Waals surface area (Å²) in [5, 5.41) is 0.579. The van der Waals surface area contributed by atoms with Crippen LogP contribution in [-0.2, 0) is 11.2 Å². The van der Waals surface area contributed by atoms with Crippen molar-refractivity contribution in [1.29, 1.82) is 0 Å². The Labute approximate surface area is 122 Å². The fraction of sp³-hybridized carbons (Fsp3) is 0.200. The standard InChI is InChI=1S/C15H14ClNO3/c1-19-12-7-10(6-11(16)9-12)8-14-13(15(18)20-2)4-3-5-17-14/h3-7,9H,8H2,1-2H3. The predicted molar refractivity (Wildman–Crippen MR) is 76.4 cm³/mol. The molecule has 4 nitrogen and oxygen atoms in total. The molecular weight excluding hydrogens is 278 g/mol. The zero-order valence-electron chi connectivity index (χ0n) is 11.2. The van der Waals surface area contributed by atoms with Gasteiger partial charge in [-0.15, -0.1) is 0 Å². The Bertz CT molecular complexity index is 628. The van der Waals surface area contributed by atoms with E-state index in [0.717, 1.165) is 5.56 Å². The molecule has 0 unspecified atom stereocenters. The van der Waals surface area contributed by atoms with Crippen LogP contribution in [0, 0.1) is 0 Å². The Kier molecular flexibility index (Phi) is 4.58. The molecule has 1 aromatic heterocycles. The summed E-state index contributed by atoms with van der Waals surface area (Å²) in [6, 6.07) is 8.80. The molecule has 0 aliphatic carbocycles. The van der Waals surface area contributed by atoms with Crippen molar-refractivity contribution in [3.05, 3.63) is 58.4 Å². The molecule has 0 aliphatic heterocycles. The van der Waals surface area contributed by atoms with Crippen LogP contribution in [0.3, 0.4) is 0 Å². The van der Waals surface area contributed by atoms with Gasteiger partial charge in [0, 0.05) is 17.6 Å². The lowest BCUT2D eigenvalue weighted by Gasteiger charge is -2.08. The highest BCUT2D eigenvalue weighted by Crippen LogP contribution is 2.23. The van der Waals surface area contributed by atoms with Gasteiger partial charge in [0.05, 0.1) is 25.5 Å². The molecule has 0 N–H and O–H groups in total. The van der Waals surface area contributed by atoms with E-state index in [0.29, 0.717) is 28.5 Å². The number of pyridine rings is 1. The van der Waals surface area contributed by atoms with E-state index in [9.17, 15) is 4.79 Å². The second-order valence-corrected chi connectivity index (χ2v) is 4.60. The Morgan fingerprint density at radius 3 is 2.80 bits per heavy atom. The van der Waals surface area contributed by atoms with Gasteiger partial charge >= 0.3 is 5.97 Å². The fourth-order valence-corrected chi connectivity index (χ4v) is 2.16. The van der Waals surface area contributed by atoms with Crippen molar-refractivity contribution in [2.75, 3.05) is 14.2 Å². The molecule has 0 saturated heterocycles. The van der Waals surface area contributed by atoms with Gasteiger partial charge in [0.2, 0.25) is 0 Å². The van der Waals surface area contributed by atoms with Gasteiger partial charge in [-0.25, -0.2) is 4.79 Å². The number of carbonyl (C=O) groups is 1. The Balaban J connectivity index is 2.35. The van der Waals surface area contributed by atoms with Gasteiger partial charge in [0.15, 0.2) is 0 Å². The number of halogens is 1. The number of benzene rings is 1. The Morgan fingerprint density at radius 2 is 2.10 bits per heavy atom. The molecule has 0 spiro atoms. The number of esters is 1. The zero-order valence-corrected chi connectivity index (χ0v) is 12.0. The Hall–Kier alpha value is -2.07. The van der Waals surface area contributed by atoms with E-state index >= 15 is 0 Å². The highest BCUT2D eigenvalue weighted by molar-refractivity contribution is 6.30. The lowest BCUT2D eigenvalue weighted by atomic mass is 10.0. The van der Waals surface area contributed by atoms with Gasteiger partial charge in [-0.2, -0.15) is 0 Å². The molecule has 0 saturated carbocycles. The van der Waals surface area contributed by atoms with Crippen LogP contribution in [0.15, 0.2) is 36.5 Å². The first-order chi connectivity index (χ1) is 9.63. The zero-order chi connectivity index (χ0) is 14.5. The van der Waals surface area contributed by atoms with Gasteiger partial charge in [0.1, 0.15) is 5.75 Å². The van der Waals surface area contributed by atoms with Crippen molar-refractivity contribution in [2.45, 2.75) is 6.42 Å². The van der Waals surface area contributed by atoms with Gasteiger partial charge < -0.3 is 9.47 Å². The van der Waals surface area contributed by atoms with Crippen LogP contribution < -0.4 is 4.74 Å². The van der Waals surface area contributed by atoms with E-state index in [1.165, 1.54) is 7.11 Å². The van der Waals surface area contributed by atoms with Gasteiger partial charge in [0.25, 0.3) is 0 Å². The highest BCUT2D eigenvalue weighted by Gasteiger charge is 2.13. The van der Waals surface area contributed by atoms with E-state index in [-0.39, 0.29) is 0 Å². The quantitative estimate of drug-likeness (QED) is 0.812. The minimum atomic E-state index is -0.401. The van der Waals surface area contributed by atoms with Crippen molar-refractivity contribution in [3.63, 3.8) is 0 Å². The van der Waals surface area contributed by atoms with E-state index in [1.54, 1.807) is 31.5 Å². The average Bonchev–Trinajstić information content (AvgIpc) is 2.46. The van der Waals surface area contributed by atoms with E-state index in [2.05, 4.69) is 4.98 Å². The second-order valence-electron chi connectivity index (χ2n) is 4.17. The molecule has 2 aromatic rings. The Morgan fingerprint density at radius 1 is 1.30 bits per heavy atom. The molecule has 0 amide bonds. The third-order valence-corrected chi connectivity index (χ3v) is 3.05. The smallest absolute Gasteiger partial charge is 0.339 e. The van der Waals surface area contributed by atoms with Crippen LogP contribution in [-0.4, -0.2) is 25.2 Å². The van der Waals surface area contributed by atoms with Crippen LogP contribution in [0.25, 0.3) is 0 Å². The summed E-state index contributed by atoms with van der Waals surface area (Å²) < 4.78 is 9.93. The highest BCUT2D eigenvalue weighted by atomic mass is 35.5. The summed E-state index contributed by atoms with van der Waals surface area (Å²) >= 11 is 6.03. The maximum atomic E-state index is 11.7. The van der Waals surface area contributed by atoms with Crippen molar-refractivity contribution in [2.24, 2.45) is 0 Å². The molecule has 0 fully saturated rings. The second kappa shape index (κ2) is 6.39. The number of hydrogen-bond donors (Lipinski definition) is 0. The molecule has 2 rings (SSSR count). The largest absolute Gasteiger partial charge is 0.497 e. The molecule has 20 heavy (non-hydrogen) atoms. The summed E-state index contributed by atoms with van der Waals surface area (Å²) in [5.41, 5.74) is 2.01. The molecular formula is C15H14ClNO3. The lowest BCUT2D eigenvalue weighted by molar-refractivity contribution is 0.0599. The molecule has 0 bridgehead atoms. The van der Waals surface area contributed by atoms with Gasteiger partial charge in [-0.05, 0) is 35.9 Å². The summed E-state index contributed by atoms with van der Waals surface area (Å²) in [6.07, 6.45) is 2.12. The first-order valence-corrected chi connectivity index (χ1v) is 6.37. The van der Waals surface area contributed by atoms with E-state index < -0.39 is 5.97 Å².